The Balaban J connectivity index is 2.21. The third-order valence-electron chi connectivity index (χ3n) is 2.87. The predicted octanol–water partition coefficient (Wildman–Crippen LogP) is 0.612. The highest BCUT2D eigenvalue weighted by Crippen LogP contribution is 2.50. The van der Waals surface area contributed by atoms with Gasteiger partial charge >= 0.3 is 5.97 Å². The van der Waals surface area contributed by atoms with Crippen LogP contribution in [0.4, 0.5) is 0 Å². The highest BCUT2D eigenvalue weighted by atomic mass is 32.2. The van der Waals surface area contributed by atoms with Crippen molar-refractivity contribution in [1.29, 1.82) is 0 Å². The summed E-state index contributed by atoms with van der Waals surface area (Å²) in [6, 6.07) is 0.198. The summed E-state index contributed by atoms with van der Waals surface area (Å²) < 4.78 is 4.64. The molecule has 0 aromatic heterocycles. The van der Waals surface area contributed by atoms with Crippen LogP contribution in [-0.2, 0) is 14.3 Å². The van der Waals surface area contributed by atoms with E-state index in [0.29, 0.717) is 6.42 Å². The normalized spacial score (nSPS) is 33.6. The fourth-order valence-electron chi connectivity index (χ4n) is 1.99. The molecule has 0 unspecified atom stereocenters. The maximum Gasteiger partial charge on any atom is 0.339 e. The SMILES string of the molecule is COC(=O)[C@H]1SC(C)(C)[C@@H]2CC(=O)N12. The van der Waals surface area contributed by atoms with Crippen molar-refractivity contribution in [3.63, 3.8) is 0 Å². The van der Waals surface area contributed by atoms with E-state index in [-0.39, 0.29) is 22.7 Å². The smallest absolute Gasteiger partial charge is 0.339 e. The molecule has 2 saturated heterocycles. The summed E-state index contributed by atoms with van der Waals surface area (Å²) in [5, 5.41) is -0.429. The number of thioether (sulfide) groups is 1. The number of β-lactam (4-membered cyclic amide) rings is 1. The molecule has 14 heavy (non-hydrogen) atoms. The Morgan fingerprint density at radius 3 is 2.79 bits per heavy atom. The largest absolute Gasteiger partial charge is 0.467 e. The Bertz CT molecular complexity index is 302. The van der Waals surface area contributed by atoms with Gasteiger partial charge in [0.1, 0.15) is 0 Å². The zero-order chi connectivity index (χ0) is 10.5. The number of esters is 1. The van der Waals surface area contributed by atoms with Gasteiger partial charge in [0.2, 0.25) is 5.91 Å². The first-order valence-corrected chi connectivity index (χ1v) is 5.42. The monoisotopic (exact) mass is 215 g/mol. The zero-order valence-corrected chi connectivity index (χ0v) is 9.26. The molecule has 0 aromatic carbocycles. The van der Waals surface area contributed by atoms with Crippen molar-refractivity contribution in [2.24, 2.45) is 0 Å². The second-order valence-electron chi connectivity index (χ2n) is 4.12. The minimum atomic E-state index is -0.429. The second-order valence-corrected chi connectivity index (χ2v) is 5.85. The molecule has 2 atom stereocenters. The Morgan fingerprint density at radius 1 is 1.64 bits per heavy atom. The molecule has 5 heteroatoms. The number of nitrogens with zero attached hydrogens (tertiary/aromatic N) is 1. The molecule has 0 spiro atoms. The van der Waals surface area contributed by atoms with E-state index in [9.17, 15) is 9.59 Å². The highest BCUT2D eigenvalue weighted by Gasteiger charge is 2.58. The second kappa shape index (κ2) is 2.89. The van der Waals surface area contributed by atoms with Crippen LogP contribution in [0.2, 0.25) is 0 Å². The topological polar surface area (TPSA) is 46.6 Å². The van der Waals surface area contributed by atoms with Crippen molar-refractivity contribution in [1.82, 2.24) is 4.90 Å². The van der Waals surface area contributed by atoms with Gasteiger partial charge in [0.25, 0.3) is 0 Å². The number of hydrogen-bond donors (Lipinski definition) is 0. The van der Waals surface area contributed by atoms with E-state index in [4.69, 9.17) is 0 Å². The van der Waals surface area contributed by atoms with Crippen LogP contribution in [0.25, 0.3) is 0 Å². The van der Waals surface area contributed by atoms with Crippen molar-refractivity contribution in [2.45, 2.75) is 36.4 Å². The summed E-state index contributed by atoms with van der Waals surface area (Å²) in [6.07, 6.45) is 0.563. The average Bonchev–Trinajstić information content (AvgIpc) is 2.31. The molecule has 2 rings (SSSR count). The molecule has 2 aliphatic heterocycles. The number of carbonyl (C=O) groups excluding carboxylic acids is 2. The molecule has 2 heterocycles. The molecule has 1 amide bonds. The minimum Gasteiger partial charge on any atom is -0.467 e. The van der Waals surface area contributed by atoms with Gasteiger partial charge in [0.05, 0.1) is 13.2 Å². The third kappa shape index (κ3) is 1.15. The third-order valence-corrected chi connectivity index (χ3v) is 4.39. The summed E-state index contributed by atoms with van der Waals surface area (Å²) in [4.78, 5) is 24.4. The first-order chi connectivity index (χ1) is 6.47. The summed E-state index contributed by atoms with van der Waals surface area (Å²) in [5.74, 6) is -0.262. The van der Waals surface area contributed by atoms with Gasteiger partial charge in [-0.3, -0.25) is 4.79 Å². The van der Waals surface area contributed by atoms with E-state index in [0.717, 1.165) is 0 Å². The summed E-state index contributed by atoms with van der Waals surface area (Å²) >= 11 is 1.51. The van der Waals surface area contributed by atoms with E-state index in [2.05, 4.69) is 18.6 Å². The fraction of sp³-hybridized carbons (Fsp3) is 0.778. The average molecular weight is 215 g/mol. The maximum atomic E-state index is 11.4. The molecule has 0 aromatic rings. The first-order valence-electron chi connectivity index (χ1n) is 4.54. The lowest BCUT2D eigenvalue weighted by atomic mass is 9.91. The molecule has 0 bridgehead atoms. The van der Waals surface area contributed by atoms with E-state index >= 15 is 0 Å². The summed E-state index contributed by atoms with van der Waals surface area (Å²) in [6.45, 7) is 4.12. The van der Waals surface area contributed by atoms with Crippen LogP contribution in [-0.4, -0.2) is 40.0 Å². The molecule has 0 saturated carbocycles. The Hall–Kier alpha value is -0.710. The summed E-state index contributed by atoms with van der Waals surface area (Å²) in [7, 11) is 1.35. The van der Waals surface area contributed by atoms with Crippen molar-refractivity contribution in [3.8, 4) is 0 Å². The van der Waals surface area contributed by atoms with Crippen molar-refractivity contribution in [3.05, 3.63) is 0 Å². The lowest BCUT2D eigenvalue weighted by Gasteiger charge is -2.40. The van der Waals surface area contributed by atoms with Gasteiger partial charge in [-0.15, -0.1) is 11.8 Å². The van der Waals surface area contributed by atoms with Gasteiger partial charge < -0.3 is 9.64 Å². The fourth-order valence-corrected chi connectivity index (χ4v) is 3.49. The van der Waals surface area contributed by atoms with E-state index < -0.39 is 5.37 Å². The van der Waals surface area contributed by atoms with Crippen molar-refractivity contribution in [2.75, 3.05) is 7.11 Å². The number of carbonyl (C=O) groups is 2. The number of hydrogen-bond acceptors (Lipinski definition) is 4. The molecule has 0 radical (unpaired) electrons. The Morgan fingerprint density at radius 2 is 2.29 bits per heavy atom. The van der Waals surface area contributed by atoms with Crippen LogP contribution in [0.3, 0.4) is 0 Å². The van der Waals surface area contributed by atoms with Gasteiger partial charge in [-0.25, -0.2) is 4.79 Å². The first kappa shape index (κ1) is 9.83. The lowest BCUT2D eigenvalue weighted by molar-refractivity contribution is -0.157. The van der Waals surface area contributed by atoms with E-state index in [1.54, 1.807) is 4.90 Å². The highest BCUT2D eigenvalue weighted by molar-refractivity contribution is 8.02. The number of rotatable bonds is 1. The Kier molecular flexibility index (Phi) is 2.03. The van der Waals surface area contributed by atoms with Crippen LogP contribution >= 0.6 is 11.8 Å². The van der Waals surface area contributed by atoms with Crippen LogP contribution in [0.1, 0.15) is 20.3 Å². The van der Waals surface area contributed by atoms with Crippen molar-refractivity contribution < 1.29 is 14.3 Å². The van der Waals surface area contributed by atoms with Crippen LogP contribution in [0.15, 0.2) is 0 Å². The maximum absolute atomic E-state index is 11.4. The molecular weight excluding hydrogens is 202 g/mol. The van der Waals surface area contributed by atoms with E-state index in [1.165, 1.54) is 18.9 Å². The standard InChI is InChI=1S/C9H13NO3S/c1-9(2)5-4-6(11)10(5)7(14-9)8(12)13-3/h5,7H,4H2,1-3H3/t5-,7+/m0/s1. The molecule has 2 aliphatic rings. The number of methoxy groups -OCH3 is 1. The molecule has 0 aliphatic carbocycles. The summed E-state index contributed by atoms with van der Waals surface area (Å²) in [5.41, 5.74) is 0. The number of fused-ring (bicyclic) bond motifs is 1. The quantitative estimate of drug-likeness (QED) is 0.475. The van der Waals surface area contributed by atoms with Gasteiger partial charge in [-0.1, -0.05) is 0 Å². The predicted molar refractivity (Wildman–Crippen MR) is 52.7 cm³/mol. The number of ether oxygens (including phenoxy) is 1. The van der Waals surface area contributed by atoms with Crippen LogP contribution in [0, 0.1) is 0 Å². The molecular formula is C9H13NO3S. The van der Waals surface area contributed by atoms with Gasteiger partial charge in [-0.2, -0.15) is 0 Å². The van der Waals surface area contributed by atoms with Crippen LogP contribution < -0.4 is 0 Å². The Labute approximate surface area is 87.0 Å². The molecule has 0 N–H and O–H groups in total. The zero-order valence-electron chi connectivity index (χ0n) is 8.44. The van der Waals surface area contributed by atoms with Crippen LogP contribution in [0.5, 0.6) is 0 Å². The number of amides is 1. The van der Waals surface area contributed by atoms with Gasteiger partial charge in [0, 0.05) is 11.2 Å². The molecule has 78 valence electrons. The lowest BCUT2D eigenvalue weighted by Crippen LogP contribution is -2.58. The van der Waals surface area contributed by atoms with Gasteiger partial charge in [-0.05, 0) is 13.8 Å². The van der Waals surface area contributed by atoms with Crippen molar-refractivity contribution >= 4 is 23.6 Å². The molecule has 2 fully saturated rings. The molecule has 4 nitrogen and oxygen atoms in total. The van der Waals surface area contributed by atoms with E-state index in [1.807, 2.05) is 0 Å². The minimum absolute atomic E-state index is 0.0350. The van der Waals surface area contributed by atoms with Gasteiger partial charge in [0.15, 0.2) is 5.37 Å².